The quantitative estimate of drug-likeness (QED) is 0.847. The molecule has 1 N–H and O–H groups in total. The first-order valence-corrected chi connectivity index (χ1v) is 6.00. The summed E-state index contributed by atoms with van der Waals surface area (Å²) < 4.78 is 0. The summed E-state index contributed by atoms with van der Waals surface area (Å²) in [5, 5.41) is 9.12. The van der Waals surface area contributed by atoms with Crippen molar-refractivity contribution in [1.29, 1.82) is 0 Å². The summed E-state index contributed by atoms with van der Waals surface area (Å²) in [7, 11) is 1.78. The third kappa shape index (κ3) is 3.56. The molecule has 3 heteroatoms. The van der Waals surface area contributed by atoms with Gasteiger partial charge >= 0.3 is 0 Å². The van der Waals surface area contributed by atoms with E-state index in [0.29, 0.717) is 13.0 Å². The minimum absolute atomic E-state index is 0.0123. The molecule has 0 bridgehead atoms. The van der Waals surface area contributed by atoms with Crippen LogP contribution in [0.3, 0.4) is 0 Å². The molecule has 1 amide bonds. The molecule has 0 heterocycles. The van der Waals surface area contributed by atoms with Gasteiger partial charge in [0.15, 0.2) is 0 Å². The number of amides is 1. The van der Waals surface area contributed by atoms with E-state index in [2.05, 4.69) is 0 Å². The Morgan fingerprint density at radius 1 is 1.41 bits per heavy atom. The highest BCUT2D eigenvalue weighted by Gasteiger charge is 2.19. The number of hydrogen-bond donors (Lipinski definition) is 1. The van der Waals surface area contributed by atoms with Crippen molar-refractivity contribution in [1.82, 2.24) is 4.90 Å². The fraction of sp³-hybridized carbons (Fsp3) is 0.500. The van der Waals surface area contributed by atoms with Crippen molar-refractivity contribution in [3.63, 3.8) is 0 Å². The van der Waals surface area contributed by atoms with E-state index in [9.17, 15) is 4.79 Å². The Bertz CT molecular complexity index is 372. The Labute approximate surface area is 103 Å². The smallest absolute Gasteiger partial charge is 0.228 e. The van der Waals surface area contributed by atoms with Gasteiger partial charge in [-0.05, 0) is 24.5 Å². The lowest BCUT2D eigenvalue weighted by Crippen LogP contribution is -2.34. The number of carbonyl (C=O) groups is 1. The van der Waals surface area contributed by atoms with Crippen LogP contribution in [-0.4, -0.2) is 29.6 Å². The second-order valence-corrected chi connectivity index (χ2v) is 4.41. The van der Waals surface area contributed by atoms with E-state index in [1.165, 1.54) is 5.56 Å². The number of nitrogens with zero attached hydrogens (tertiary/aromatic N) is 1. The fourth-order valence-corrected chi connectivity index (χ4v) is 1.81. The minimum Gasteiger partial charge on any atom is -0.396 e. The van der Waals surface area contributed by atoms with Crippen LogP contribution in [0.4, 0.5) is 0 Å². The van der Waals surface area contributed by atoms with Crippen molar-refractivity contribution in [2.75, 3.05) is 13.7 Å². The van der Waals surface area contributed by atoms with Gasteiger partial charge in [-0.3, -0.25) is 4.79 Å². The fourth-order valence-electron chi connectivity index (χ4n) is 1.81. The number of aliphatic hydroxyl groups is 1. The standard InChI is InChI=1S/C14H21NO2/c1-4-12(10-16)14(17)15(3)9-13-8-6-5-7-11(13)2/h5-8,12,16H,4,9-10H2,1-3H3. The summed E-state index contributed by atoms with van der Waals surface area (Å²) in [4.78, 5) is 13.7. The first-order chi connectivity index (χ1) is 8.10. The van der Waals surface area contributed by atoms with Gasteiger partial charge in [-0.15, -0.1) is 0 Å². The predicted molar refractivity (Wildman–Crippen MR) is 68.5 cm³/mol. The number of rotatable bonds is 5. The molecule has 0 aliphatic carbocycles. The lowest BCUT2D eigenvalue weighted by molar-refractivity contribution is -0.136. The maximum absolute atomic E-state index is 12.0. The van der Waals surface area contributed by atoms with E-state index in [-0.39, 0.29) is 18.4 Å². The topological polar surface area (TPSA) is 40.5 Å². The van der Waals surface area contributed by atoms with Gasteiger partial charge in [0.2, 0.25) is 5.91 Å². The molecule has 1 aromatic carbocycles. The van der Waals surface area contributed by atoms with E-state index in [1.807, 2.05) is 38.1 Å². The summed E-state index contributed by atoms with van der Waals surface area (Å²) in [5.41, 5.74) is 2.33. The van der Waals surface area contributed by atoms with E-state index < -0.39 is 0 Å². The van der Waals surface area contributed by atoms with Gasteiger partial charge in [0.05, 0.1) is 12.5 Å². The van der Waals surface area contributed by atoms with Crippen LogP contribution in [0, 0.1) is 12.8 Å². The zero-order valence-corrected chi connectivity index (χ0v) is 10.8. The summed E-state index contributed by atoms with van der Waals surface area (Å²) in [5.74, 6) is -0.262. The summed E-state index contributed by atoms with van der Waals surface area (Å²) in [6.07, 6.45) is 0.674. The van der Waals surface area contributed by atoms with Gasteiger partial charge in [-0.25, -0.2) is 0 Å². The Hall–Kier alpha value is -1.35. The highest BCUT2D eigenvalue weighted by atomic mass is 16.3. The van der Waals surface area contributed by atoms with Crippen molar-refractivity contribution in [2.45, 2.75) is 26.8 Å². The molecule has 94 valence electrons. The average Bonchev–Trinajstić information content (AvgIpc) is 2.33. The van der Waals surface area contributed by atoms with Crippen molar-refractivity contribution in [2.24, 2.45) is 5.92 Å². The molecule has 1 unspecified atom stereocenters. The van der Waals surface area contributed by atoms with Crippen LogP contribution in [0.15, 0.2) is 24.3 Å². The van der Waals surface area contributed by atoms with Crippen LogP contribution in [0.25, 0.3) is 0 Å². The van der Waals surface area contributed by atoms with E-state index in [0.717, 1.165) is 5.56 Å². The molecule has 0 saturated carbocycles. The molecule has 17 heavy (non-hydrogen) atoms. The van der Waals surface area contributed by atoms with Crippen molar-refractivity contribution in [3.05, 3.63) is 35.4 Å². The highest BCUT2D eigenvalue weighted by Crippen LogP contribution is 2.12. The molecule has 1 aromatic rings. The number of carbonyl (C=O) groups excluding carboxylic acids is 1. The van der Waals surface area contributed by atoms with Gasteiger partial charge in [-0.1, -0.05) is 31.2 Å². The lowest BCUT2D eigenvalue weighted by Gasteiger charge is -2.22. The number of aliphatic hydroxyl groups excluding tert-OH is 1. The lowest BCUT2D eigenvalue weighted by atomic mass is 10.0. The van der Waals surface area contributed by atoms with E-state index in [4.69, 9.17) is 5.11 Å². The average molecular weight is 235 g/mol. The molecule has 0 fully saturated rings. The number of hydrogen-bond acceptors (Lipinski definition) is 2. The first-order valence-electron chi connectivity index (χ1n) is 6.00. The van der Waals surface area contributed by atoms with Gasteiger partial charge in [0.1, 0.15) is 0 Å². The largest absolute Gasteiger partial charge is 0.396 e. The third-order valence-electron chi connectivity index (χ3n) is 3.11. The highest BCUT2D eigenvalue weighted by molar-refractivity contribution is 5.78. The van der Waals surface area contributed by atoms with Crippen molar-refractivity contribution in [3.8, 4) is 0 Å². The number of aryl methyl sites for hydroxylation is 1. The molecule has 3 nitrogen and oxygen atoms in total. The molecule has 0 spiro atoms. The van der Waals surface area contributed by atoms with Gasteiger partial charge in [0.25, 0.3) is 0 Å². The molecule has 0 aromatic heterocycles. The Morgan fingerprint density at radius 2 is 2.06 bits per heavy atom. The predicted octanol–water partition coefficient (Wildman–Crippen LogP) is 1.97. The Kier molecular flexibility index (Phi) is 5.16. The van der Waals surface area contributed by atoms with E-state index >= 15 is 0 Å². The molecular formula is C14H21NO2. The Morgan fingerprint density at radius 3 is 2.59 bits per heavy atom. The molecule has 0 aliphatic rings. The molecule has 0 saturated heterocycles. The van der Waals surface area contributed by atoms with Gasteiger partial charge < -0.3 is 10.0 Å². The monoisotopic (exact) mass is 235 g/mol. The summed E-state index contributed by atoms with van der Waals surface area (Å²) >= 11 is 0. The van der Waals surface area contributed by atoms with Crippen LogP contribution in [-0.2, 0) is 11.3 Å². The second kappa shape index (κ2) is 6.40. The molecule has 0 aliphatic heterocycles. The molecule has 1 rings (SSSR count). The number of benzene rings is 1. The van der Waals surface area contributed by atoms with Crippen molar-refractivity contribution < 1.29 is 9.90 Å². The van der Waals surface area contributed by atoms with Crippen LogP contribution in [0.2, 0.25) is 0 Å². The van der Waals surface area contributed by atoms with Crippen LogP contribution >= 0.6 is 0 Å². The molecule has 1 atom stereocenters. The molecule has 0 radical (unpaired) electrons. The maximum atomic E-state index is 12.0. The second-order valence-electron chi connectivity index (χ2n) is 4.41. The maximum Gasteiger partial charge on any atom is 0.228 e. The zero-order chi connectivity index (χ0) is 12.8. The zero-order valence-electron chi connectivity index (χ0n) is 10.8. The van der Waals surface area contributed by atoms with Crippen LogP contribution in [0.1, 0.15) is 24.5 Å². The summed E-state index contributed by atoms with van der Waals surface area (Å²) in [6, 6.07) is 8.03. The molecular weight excluding hydrogens is 214 g/mol. The van der Waals surface area contributed by atoms with E-state index in [1.54, 1.807) is 11.9 Å². The van der Waals surface area contributed by atoms with Gasteiger partial charge in [-0.2, -0.15) is 0 Å². The van der Waals surface area contributed by atoms with Crippen LogP contribution in [0.5, 0.6) is 0 Å². The first kappa shape index (κ1) is 13.7. The van der Waals surface area contributed by atoms with Crippen LogP contribution < -0.4 is 0 Å². The third-order valence-corrected chi connectivity index (χ3v) is 3.11. The minimum atomic E-state index is -0.274. The Balaban J connectivity index is 2.69. The van der Waals surface area contributed by atoms with Crippen molar-refractivity contribution >= 4 is 5.91 Å². The SMILES string of the molecule is CCC(CO)C(=O)N(C)Cc1ccccc1C. The normalized spacial score (nSPS) is 12.2. The van der Waals surface area contributed by atoms with Gasteiger partial charge in [0, 0.05) is 13.6 Å². The summed E-state index contributed by atoms with van der Waals surface area (Å²) in [6.45, 7) is 4.48.